The van der Waals surface area contributed by atoms with Crippen molar-refractivity contribution in [1.29, 1.82) is 0 Å². The van der Waals surface area contributed by atoms with Crippen LogP contribution in [0.25, 0.3) is 10.2 Å². The van der Waals surface area contributed by atoms with Crippen LogP contribution in [0.2, 0.25) is 0 Å². The summed E-state index contributed by atoms with van der Waals surface area (Å²) in [7, 11) is 0. The largest absolute Gasteiger partial charge is 0.390 e. The van der Waals surface area contributed by atoms with Gasteiger partial charge in [-0.15, -0.1) is 0 Å². The summed E-state index contributed by atoms with van der Waals surface area (Å²) in [6.07, 6.45) is -0.852. The van der Waals surface area contributed by atoms with Gasteiger partial charge in [0, 0.05) is 37.4 Å². The molecule has 2 aromatic heterocycles. The lowest BCUT2D eigenvalue weighted by atomic mass is 10.1. The van der Waals surface area contributed by atoms with E-state index < -0.39 is 18.0 Å². The quantitative estimate of drug-likeness (QED) is 0.571. The minimum Gasteiger partial charge on any atom is -0.390 e. The Bertz CT molecular complexity index is 1060. The molecule has 1 saturated heterocycles. The van der Waals surface area contributed by atoms with E-state index in [-0.39, 0.29) is 23.5 Å². The molecule has 0 saturated carbocycles. The van der Waals surface area contributed by atoms with E-state index in [1.54, 1.807) is 9.80 Å². The average Bonchev–Trinajstić information content (AvgIpc) is 3.15. The van der Waals surface area contributed by atoms with Crippen molar-refractivity contribution in [3.8, 4) is 0 Å². The zero-order chi connectivity index (χ0) is 22.1. The summed E-state index contributed by atoms with van der Waals surface area (Å²) in [6.45, 7) is 4.54. The minimum absolute atomic E-state index is 0.163. The number of aromatic nitrogens is 2. The maximum atomic E-state index is 14.7. The van der Waals surface area contributed by atoms with Crippen LogP contribution in [0.15, 0.2) is 36.5 Å². The average molecular weight is 446 g/mol. The maximum absolute atomic E-state index is 14.7. The van der Waals surface area contributed by atoms with Crippen LogP contribution < -0.4 is 10.2 Å². The molecule has 164 valence electrons. The molecule has 1 unspecified atom stereocenters. The zero-order valence-electron chi connectivity index (χ0n) is 17.2. The third kappa shape index (κ3) is 4.46. The molecule has 0 aliphatic carbocycles. The van der Waals surface area contributed by atoms with Crippen LogP contribution in [0.1, 0.15) is 25.5 Å². The van der Waals surface area contributed by atoms with Gasteiger partial charge < -0.3 is 20.0 Å². The summed E-state index contributed by atoms with van der Waals surface area (Å²) in [5.41, 5.74) is 1.06. The summed E-state index contributed by atoms with van der Waals surface area (Å²) in [5.74, 6) is -0.406. The summed E-state index contributed by atoms with van der Waals surface area (Å²) in [5, 5.41) is 22.8. The van der Waals surface area contributed by atoms with Gasteiger partial charge in [0.05, 0.1) is 16.3 Å². The Morgan fingerprint density at radius 3 is 2.77 bits per heavy atom. The SMILES string of the molecule is CC1CN(C(=O)Nc2nc3ccccc3s2)CCN1c1ncc([C@H](O)[C@H](C)O)cc1F. The molecule has 0 radical (unpaired) electrons. The smallest absolute Gasteiger partial charge is 0.323 e. The number of nitrogens with one attached hydrogen (secondary N) is 1. The number of aliphatic hydroxyl groups is 2. The Kier molecular flexibility index (Phi) is 6.03. The molecule has 31 heavy (non-hydrogen) atoms. The highest BCUT2D eigenvalue weighted by Gasteiger charge is 2.30. The lowest BCUT2D eigenvalue weighted by molar-refractivity contribution is 0.0301. The predicted octanol–water partition coefficient (Wildman–Crippen LogP) is 2.99. The number of aliphatic hydroxyl groups excluding tert-OH is 2. The Balaban J connectivity index is 1.41. The van der Waals surface area contributed by atoms with E-state index in [1.165, 1.54) is 30.5 Å². The van der Waals surface area contributed by atoms with Crippen molar-refractivity contribution >= 4 is 38.5 Å². The number of pyridine rings is 1. The number of carbonyl (C=O) groups is 1. The number of piperazine rings is 1. The van der Waals surface area contributed by atoms with E-state index in [9.17, 15) is 19.4 Å². The number of para-hydroxylation sites is 1. The summed E-state index contributed by atoms with van der Waals surface area (Å²) in [4.78, 5) is 24.8. The van der Waals surface area contributed by atoms with Crippen molar-refractivity contribution in [2.24, 2.45) is 0 Å². The first kappa shape index (κ1) is 21.4. The second kappa shape index (κ2) is 8.74. The number of urea groups is 1. The zero-order valence-corrected chi connectivity index (χ0v) is 18.0. The second-order valence-corrected chi connectivity index (χ2v) is 8.70. The van der Waals surface area contributed by atoms with Crippen LogP contribution in [0.4, 0.5) is 20.1 Å². The molecular formula is C21H24FN5O3S. The van der Waals surface area contributed by atoms with E-state index in [2.05, 4.69) is 15.3 Å². The molecule has 3 N–H and O–H groups in total. The highest BCUT2D eigenvalue weighted by molar-refractivity contribution is 7.22. The van der Waals surface area contributed by atoms with Crippen LogP contribution >= 0.6 is 11.3 Å². The molecule has 3 heterocycles. The number of nitrogens with zero attached hydrogens (tertiary/aromatic N) is 4. The van der Waals surface area contributed by atoms with Crippen LogP contribution in [-0.2, 0) is 0 Å². The maximum Gasteiger partial charge on any atom is 0.323 e. The number of carbonyl (C=O) groups excluding carboxylic acids is 1. The molecule has 3 atom stereocenters. The van der Waals surface area contributed by atoms with Gasteiger partial charge in [0.1, 0.15) is 6.10 Å². The van der Waals surface area contributed by atoms with Crippen LogP contribution in [0, 0.1) is 5.82 Å². The second-order valence-electron chi connectivity index (χ2n) is 7.66. The van der Waals surface area contributed by atoms with Crippen LogP contribution in [0.3, 0.4) is 0 Å². The molecule has 10 heteroatoms. The number of hydrogen-bond donors (Lipinski definition) is 3. The van der Waals surface area contributed by atoms with Gasteiger partial charge in [-0.25, -0.2) is 19.2 Å². The first-order valence-corrected chi connectivity index (χ1v) is 10.8. The van der Waals surface area contributed by atoms with Crippen molar-refractivity contribution in [2.75, 3.05) is 29.9 Å². The van der Waals surface area contributed by atoms with E-state index in [1.807, 2.05) is 31.2 Å². The minimum atomic E-state index is -1.20. The van der Waals surface area contributed by atoms with Gasteiger partial charge in [0.15, 0.2) is 16.8 Å². The number of fused-ring (bicyclic) bond motifs is 1. The third-order valence-corrected chi connectivity index (χ3v) is 6.29. The van der Waals surface area contributed by atoms with Gasteiger partial charge in [0.25, 0.3) is 0 Å². The van der Waals surface area contributed by atoms with Gasteiger partial charge in [-0.05, 0) is 32.0 Å². The van der Waals surface area contributed by atoms with Gasteiger partial charge in [-0.3, -0.25) is 5.32 Å². The highest BCUT2D eigenvalue weighted by Crippen LogP contribution is 2.27. The fourth-order valence-corrected chi connectivity index (χ4v) is 4.51. The third-order valence-electron chi connectivity index (χ3n) is 5.34. The van der Waals surface area contributed by atoms with Gasteiger partial charge in [-0.1, -0.05) is 23.5 Å². The number of benzene rings is 1. The van der Waals surface area contributed by atoms with E-state index in [0.717, 1.165) is 10.2 Å². The van der Waals surface area contributed by atoms with Crippen molar-refractivity contribution in [3.63, 3.8) is 0 Å². The molecule has 1 aliphatic rings. The Morgan fingerprint density at radius 1 is 1.32 bits per heavy atom. The molecule has 0 bridgehead atoms. The standard InChI is InChI=1S/C21H24FN5O3S/c1-12-11-26(21(30)25-20-24-16-5-3-4-6-17(16)31-20)7-8-27(12)19-15(22)9-14(10-23-19)18(29)13(2)28/h3-6,9-10,12-13,18,28-29H,7-8,11H2,1-2H3,(H,24,25,30)/t12?,13-,18+/m0/s1. The number of anilines is 2. The monoisotopic (exact) mass is 445 g/mol. The number of amides is 2. The topological polar surface area (TPSA) is 102 Å². The van der Waals surface area contributed by atoms with Crippen molar-refractivity contribution in [1.82, 2.24) is 14.9 Å². The Hall–Kier alpha value is -2.82. The Labute approximate surface area is 183 Å². The number of rotatable bonds is 4. The van der Waals surface area contributed by atoms with Crippen molar-refractivity contribution < 1.29 is 19.4 Å². The molecule has 0 spiro atoms. The number of halogens is 1. The first-order valence-electron chi connectivity index (χ1n) is 10.0. The molecule has 3 aromatic rings. The molecule has 2 amide bonds. The molecule has 8 nitrogen and oxygen atoms in total. The predicted molar refractivity (Wildman–Crippen MR) is 118 cm³/mol. The van der Waals surface area contributed by atoms with Crippen molar-refractivity contribution in [3.05, 3.63) is 47.9 Å². The molecule has 1 aromatic carbocycles. The lowest BCUT2D eigenvalue weighted by Crippen LogP contribution is -2.55. The van der Waals surface area contributed by atoms with Gasteiger partial charge in [0.2, 0.25) is 0 Å². The molecule has 1 aliphatic heterocycles. The van der Waals surface area contributed by atoms with Gasteiger partial charge >= 0.3 is 6.03 Å². The fourth-order valence-electron chi connectivity index (χ4n) is 3.65. The van der Waals surface area contributed by atoms with Crippen molar-refractivity contribution in [2.45, 2.75) is 32.1 Å². The van der Waals surface area contributed by atoms with E-state index >= 15 is 0 Å². The highest BCUT2D eigenvalue weighted by atomic mass is 32.1. The normalized spacial score (nSPS) is 18.8. The van der Waals surface area contributed by atoms with E-state index in [0.29, 0.717) is 24.8 Å². The van der Waals surface area contributed by atoms with Crippen LogP contribution in [0.5, 0.6) is 0 Å². The Morgan fingerprint density at radius 2 is 2.10 bits per heavy atom. The molecule has 4 rings (SSSR count). The molecular weight excluding hydrogens is 421 g/mol. The molecule has 1 fully saturated rings. The first-order chi connectivity index (χ1) is 14.8. The summed E-state index contributed by atoms with van der Waals surface area (Å²) in [6, 6.07) is 8.47. The lowest BCUT2D eigenvalue weighted by Gasteiger charge is -2.40. The number of hydrogen-bond acceptors (Lipinski definition) is 7. The van der Waals surface area contributed by atoms with Crippen LogP contribution in [-0.4, -0.2) is 62.9 Å². The fraction of sp³-hybridized carbons (Fsp3) is 0.381. The van der Waals surface area contributed by atoms with E-state index in [4.69, 9.17) is 0 Å². The van der Waals surface area contributed by atoms with Gasteiger partial charge in [-0.2, -0.15) is 0 Å². The summed E-state index contributed by atoms with van der Waals surface area (Å²) >= 11 is 1.42. The number of thiazole rings is 1. The summed E-state index contributed by atoms with van der Waals surface area (Å²) < 4.78 is 15.7.